The van der Waals surface area contributed by atoms with Crippen LogP contribution in [0.25, 0.3) is 0 Å². The summed E-state index contributed by atoms with van der Waals surface area (Å²) in [7, 11) is 0. The number of carbonyl (C=O) groups is 1. The largest absolute Gasteiger partial charge is 0.379 e. The molecule has 1 amide bonds. The summed E-state index contributed by atoms with van der Waals surface area (Å²) in [5, 5.41) is 3.01. The molecule has 3 N–H and O–H groups in total. The highest BCUT2D eigenvalue weighted by Crippen LogP contribution is 2.27. The Balaban J connectivity index is 2.00. The number of ether oxygens (including phenoxy) is 1. The van der Waals surface area contributed by atoms with E-state index in [9.17, 15) is 4.79 Å². The predicted octanol–water partition coefficient (Wildman–Crippen LogP) is 2.61. The Labute approximate surface area is 123 Å². The third-order valence-electron chi connectivity index (χ3n) is 4.35. The van der Waals surface area contributed by atoms with Crippen LogP contribution in [0.4, 0.5) is 0 Å². The first-order chi connectivity index (χ1) is 9.61. The number of unbranched alkanes of at least 4 members (excludes halogenated alkanes) is 7. The monoisotopic (exact) mass is 284 g/mol. The summed E-state index contributed by atoms with van der Waals surface area (Å²) in [6.07, 6.45) is 10.2. The molecule has 0 saturated carbocycles. The van der Waals surface area contributed by atoms with E-state index in [2.05, 4.69) is 12.2 Å². The fourth-order valence-electron chi connectivity index (χ4n) is 2.59. The maximum atomic E-state index is 12.1. The van der Waals surface area contributed by atoms with Gasteiger partial charge in [0.1, 0.15) is 0 Å². The Morgan fingerprint density at radius 3 is 2.35 bits per heavy atom. The van der Waals surface area contributed by atoms with Gasteiger partial charge in [0.05, 0.1) is 18.6 Å². The molecule has 0 aliphatic carbocycles. The van der Waals surface area contributed by atoms with Gasteiger partial charge < -0.3 is 15.8 Å². The zero-order valence-corrected chi connectivity index (χ0v) is 13.2. The minimum absolute atomic E-state index is 0.0467. The van der Waals surface area contributed by atoms with E-state index in [1.807, 2.05) is 6.92 Å². The molecule has 0 aromatic carbocycles. The van der Waals surface area contributed by atoms with Crippen LogP contribution in [-0.4, -0.2) is 31.7 Å². The van der Waals surface area contributed by atoms with Crippen molar-refractivity contribution in [2.45, 2.75) is 71.3 Å². The summed E-state index contributed by atoms with van der Waals surface area (Å²) < 4.78 is 5.30. The molecular weight excluding hydrogens is 252 g/mol. The molecule has 2 atom stereocenters. The van der Waals surface area contributed by atoms with Gasteiger partial charge in [-0.2, -0.15) is 0 Å². The average Bonchev–Trinajstić information content (AvgIpc) is 2.78. The molecule has 1 rings (SSSR count). The lowest BCUT2D eigenvalue weighted by molar-refractivity contribution is -0.130. The Kier molecular flexibility index (Phi) is 8.15. The number of rotatable bonds is 10. The quantitative estimate of drug-likeness (QED) is 0.606. The lowest BCUT2D eigenvalue weighted by Crippen LogP contribution is -2.50. The number of carbonyl (C=O) groups excluding carboxylic acids is 1. The van der Waals surface area contributed by atoms with Gasteiger partial charge >= 0.3 is 0 Å². The van der Waals surface area contributed by atoms with Crippen LogP contribution in [0.5, 0.6) is 0 Å². The normalized spacial score (nSPS) is 25.9. The maximum Gasteiger partial charge on any atom is 0.229 e. The number of nitrogens with one attached hydrogen (secondary N) is 1. The van der Waals surface area contributed by atoms with Crippen molar-refractivity contribution in [1.29, 1.82) is 0 Å². The van der Waals surface area contributed by atoms with Gasteiger partial charge in [0.2, 0.25) is 5.91 Å². The second kappa shape index (κ2) is 9.35. The predicted molar refractivity (Wildman–Crippen MR) is 82.5 cm³/mol. The molecule has 1 saturated heterocycles. The van der Waals surface area contributed by atoms with E-state index in [4.69, 9.17) is 10.5 Å². The molecule has 118 valence electrons. The van der Waals surface area contributed by atoms with Crippen molar-refractivity contribution in [3.8, 4) is 0 Å². The van der Waals surface area contributed by atoms with Gasteiger partial charge in [-0.05, 0) is 13.3 Å². The van der Waals surface area contributed by atoms with Gasteiger partial charge in [-0.25, -0.2) is 0 Å². The van der Waals surface area contributed by atoms with Gasteiger partial charge in [0.25, 0.3) is 0 Å². The zero-order chi connectivity index (χ0) is 14.8. The standard InChI is InChI=1S/C16H32N2O2/c1-3-4-5-6-7-8-9-10-11-18-15(19)16(2)13-20-12-14(16)17/h14H,3-13,17H2,1-2H3,(H,18,19). The fourth-order valence-corrected chi connectivity index (χ4v) is 2.59. The van der Waals surface area contributed by atoms with Crippen LogP contribution in [-0.2, 0) is 9.53 Å². The van der Waals surface area contributed by atoms with Gasteiger partial charge in [-0.15, -0.1) is 0 Å². The second-order valence-electron chi connectivity index (χ2n) is 6.27. The van der Waals surface area contributed by atoms with Crippen molar-refractivity contribution in [2.75, 3.05) is 19.8 Å². The van der Waals surface area contributed by atoms with Crippen LogP contribution in [0.1, 0.15) is 65.2 Å². The average molecular weight is 284 g/mol. The third-order valence-corrected chi connectivity index (χ3v) is 4.35. The minimum Gasteiger partial charge on any atom is -0.379 e. The summed E-state index contributed by atoms with van der Waals surface area (Å²) in [4.78, 5) is 12.1. The van der Waals surface area contributed by atoms with Crippen molar-refractivity contribution in [3.05, 3.63) is 0 Å². The first kappa shape index (κ1) is 17.4. The van der Waals surface area contributed by atoms with E-state index in [1.165, 1.54) is 44.9 Å². The van der Waals surface area contributed by atoms with Crippen molar-refractivity contribution >= 4 is 5.91 Å². The van der Waals surface area contributed by atoms with E-state index in [0.29, 0.717) is 13.2 Å². The Morgan fingerprint density at radius 2 is 1.80 bits per heavy atom. The lowest BCUT2D eigenvalue weighted by atomic mass is 9.85. The summed E-state index contributed by atoms with van der Waals surface area (Å²) in [6.45, 7) is 5.83. The first-order valence-electron chi connectivity index (χ1n) is 8.23. The highest BCUT2D eigenvalue weighted by molar-refractivity contribution is 5.83. The van der Waals surface area contributed by atoms with Gasteiger partial charge in [-0.3, -0.25) is 4.79 Å². The first-order valence-corrected chi connectivity index (χ1v) is 8.23. The van der Waals surface area contributed by atoms with Crippen LogP contribution in [0.3, 0.4) is 0 Å². The molecule has 4 nitrogen and oxygen atoms in total. The molecule has 0 aromatic heterocycles. The summed E-state index contributed by atoms with van der Waals surface area (Å²) >= 11 is 0. The maximum absolute atomic E-state index is 12.1. The van der Waals surface area contributed by atoms with Crippen LogP contribution in [0.2, 0.25) is 0 Å². The minimum atomic E-state index is -0.542. The van der Waals surface area contributed by atoms with Crippen molar-refractivity contribution in [2.24, 2.45) is 11.1 Å². The van der Waals surface area contributed by atoms with E-state index in [-0.39, 0.29) is 11.9 Å². The van der Waals surface area contributed by atoms with Gasteiger partial charge in [-0.1, -0.05) is 51.9 Å². The summed E-state index contributed by atoms with van der Waals surface area (Å²) in [6, 6.07) is -0.180. The Morgan fingerprint density at radius 1 is 1.20 bits per heavy atom. The van der Waals surface area contributed by atoms with Crippen LogP contribution >= 0.6 is 0 Å². The van der Waals surface area contributed by atoms with Gasteiger partial charge in [0.15, 0.2) is 0 Å². The summed E-state index contributed by atoms with van der Waals surface area (Å²) in [5.41, 5.74) is 5.40. The second-order valence-corrected chi connectivity index (χ2v) is 6.27. The molecule has 1 aliphatic heterocycles. The highest BCUT2D eigenvalue weighted by atomic mass is 16.5. The van der Waals surface area contributed by atoms with Gasteiger partial charge in [0, 0.05) is 12.6 Å². The van der Waals surface area contributed by atoms with E-state index < -0.39 is 5.41 Å². The molecule has 1 heterocycles. The molecule has 0 spiro atoms. The summed E-state index contributed by atoms with van der Waals surface area (Å²) in [5.74, 6) is 0.0467. The lowest BCUT2D eigenvalue weighted by Gasteiger charge is -2.25. The zero-order valence-electron chi connectivity index (χ0n) is 13.2. The Bertz CT molecular complexity index is 284. The van der Waals surface area contributed by atoms with Crippen LogP contribution < -0.4 is 11.1 Å². The Hall–Kier alpha value is -0.610. The van der Waals surface area contributed by atoms with E-state index in [0.717, 1.165) is 13.0 Å². The van der Waals surface area contributed by atoms with Crippen molar-refractivity contribution < 1.29 is 9.53 Å². The number of hydrogen-bond acceptors (Lipinski definition) is 3. The molecular formula is C16H32N2O2. The topological polar surface area (TPSA) is 64.3 Å². The van der Waals surface area contributed by atoms with E-state index >= 15 is 0 Å². The van der Waals surface area contributed by atoms with Crippen LogP contribution in [0, 0.1) is 5.41 Å². The third kappa shape index (κ3) is 5.41. The number of nitrogens with two attached hydrogens (primary N) is 1. The molecule has 2 unspecified atom stereocenters. The molecule has 1 aliphatic rings. The van der Waals surface area contributed by atoms with Crippen molar-refractivity contribution in [1.82, 2.24) is 5.32 Å². The number of amides is 1. The van der Waals surface area contributed by atoms with E-state index in [1.54, 1.807) is 0 Å². The van der Waals surface area contributed by atoms with Crippen LogP contribution in [0.15, 0.2) is 0 Å². The van der Waals surface area contributed by atoms with Crippen molar-refractivity contribution in [3.63, 3.8) is 0 Å². The molecule has 0 aromatic rings. The molecule has 0 bridgehead atoms. The smallest absolute Gasteiger partial charge is 0.229 e. The number of hydrogen-bond donors (Lipinski definition) is 2. The fraction of sp³-hybridized carbons (Fsp3) is 0.938. The highest BCUT2D eigenvalue weighted by Gasteiger charge is 2.44. The molecule has 0 radical (unpaired) electrons. The molecule has 20 heavy (non-hydrogen) atoms. The molecule has 1 fully saturated rings. The molecule has 4 heteroatoms. The SMILES string of the molecule is CCCCCCCCCCNC(=O)C1(C)COCC1N.